The van der Waals surface area contributed by atoms with Gasteiger partial charge in [-0.25, -0.2) is 18.4 Å². The van der Waals surface area contributed by atoms with Gasteiger partial charge in [0.2, 0.25) is 0 Å². The fraction of sp³-hybridized carbons (Fsp3) is 0.286. The lowest BCUT2D eigenvalue weighted by molar-refractivity contribution is 0.601. The molecule has 112 valence electrons. The Bertz CT molecular complexity index is 699. The second kappa shape index (κ2) is 6.53. The van der Waals surface area contributed by atoms with Gasteiger partial charge in [0.1, 0.15) is 16.5 Å². The molecule has 7 heteroatoms. The maximum Gasteiger partial charge on any atom is 0.266 e. The van der Waals surface area contributed by atoms with E-state index in [1.54, 1.807) is 30.6 Å². The van der Waals surface area contributed by atoms with E-state index in [2.05, 4.69) is 20.0 Å². The van der Waals surface area contributed by atoms with Gasteiger partial charge in [0.05, 0.1) is 0 Å². The van der Waals surface area contributed by atoms with Gasteiger partial charge < -0.3 is 5.32 Å². The Hall–Kier alpha value is -2.15. The molecule has 2 rings (SSSR count). The molecule has 0 amide bonds. The van der Waals surface area contributed by atoms with Crippen LogP contribution in [0.25, 0.3) is 0 Å². The smallest absolute Gasteiger partial charge is 0.266 e. The molecule has 2 aromatic heterocycles. The first-order valence-corrected chi connectivity index (χ1v) is 8.15. The first-order chi connectivity index (χ1) is 10.0. The Morgan fingerprint density at radius 1 is 1.19 bits per heavy atom. The zero-order valence-electron chi connectivity index (χ0n) is 12.0. The monoisotopic (exact) mass is 306 g/mol. The van der Waals surface area contributed by atoms with Gasteiger partial charge in [-0.15, -0.1) is 0 Å². The van der Waals surface area contributed by atoms with E-state index in [0.29, 0.717) is 12.4 Å². The van der Waals surface area contributed by atoms with Crippen molar-refractivity contribution in [1.82, 2.24) is 9.97 Å². The van der Waals surface area contributed by atoms with Gasteiger partial charge in [-0.05, 0) is 37.1 Å². The summed E-state index contributed by atoms with van der Waals surface area (Å²) < 4.78 is 27.3. The van der Waals surface area contributed by atoms with Crippen LogP contribution in [0.2, 0.25) is 0 Å². The molecule has 0 saturated carbocycles. The fourth-order valence-electron chi connectivity index (χ4n) is 1.70. The highest BCUT2D eigenvalue weighted by molar-refractivity contribution is 7.92. The summed E-state index contributed by atoms with van der Waals surface area (Å²) in [6.45, 7) is 4.54. The van der Waals surface area contributed by atoms with Crippen molar-refractivity contribution in [3.63, 3.8) is 0 Å². The summed E-state index contributed by atoms with van der Waals surface area (Å²) in [5.74, 6) is 0.629. The maximum absolute atomic E-state index is 12.4. The summed E-state index contributed by atoms with van der Waals surface area (Å²) in [4.78, 5) is 8.25. The zero-order chi connectivity index (χ0) is 15.3. The van der Waals surface area contributed by atoms with Gasteiger partial charge in [0.25, 0.3) is 10.0 Å². The second-order valence-electron chi connectivity index (χ2n) is 4.60. The van der Waals surface area contributed by atoms with Gasteiger partial charge in [0.15, 0.2) is 0 Å². The quantitative estimate of drug-likeness (QED) is 0.856. The number of pyridine rings is 2. The van der Waals surface area contributed by atoms with Crippen LogP contribution in [0.5, 0.6) is 0 Å². The van der Waals surface area contributed by atoms with Crippen LogP contribution in [0.15, 0.2) is 41.6 Å². The van der Waals surface area contributed by atoms with Crippen molar-refractivity contribution in [2.75, 3.05) is 16.6 Å². The molecule has 21 heavy (non-hydrogen) atoms. The van der Waals surface area contributed by atoms with Crippen LogP contribution in [0.1, 0.15) is 18.9 Å². The molecule has 0 saturated heterocycles. The van der Waals surface area contributed by atoms with Gasteiger partial charge in [0, 0.05) is 18.9 Å². The van der Waals surface area contributed by atoms with Crippen LogP contribution >= 0.6 is 0 Å². The third-order valence-corrected chi connectivity index (χ3v) is 4.14. The molecule has 0 aliphatic heterocycles. The average Bonchev–Trinajstić information content (AvgIpc) is 2.47. The molecule has 2 N–H and O–H groups in total. The number of aromatic nitrogens is 2. The van der Waals surface area contributed by atoms with Crippen molar-refractivity contribution in [1.29, 1.82) is 0 Å². The highest BCUT2D eigenvalue weighted by Gasteiger charge is 2.19. The van der Waals surface area contributed by atoms with Gasteiger partial charge in [-0.1, -0.05) is 13.0 Å². The number of aryl methyl sites for hydroxylation is 1. The van der Waals surface area contributed by atoms with Crippen LogP contribution < -0.4 is 10.0 Å². The summed E-state index contributed by atoms with van der Waals surface area (Å²) >= 11 is 0. The molecular formula is C14H18N4O2S. The van der Waals surface area contributed by atoms with E-state index in [1.807, 2.05) is 13.8 Å². The van der Waals surface area contributed by atoms with E-state index in [1.165, 1.54) is 6.07 Å². The summed E-state index contributed by atoms with van der Waals surface area (Å²) in [5.41, 5.74) is 0.963. The Balaban J connectivity index is 2.29. The Morgan fingerprint density at radius 2 is 2.00 bits per heavy atom. The number of rotatable bonds is 6. The van der Waals surface area contributed by atoms with E-state index >= 15 is 0 Å². The fourth-order valence-corrected chi connectivity index (χ4v) is 2.85. The van der Waals surface area contributed by atoms with E-state index in [4.69, 9.17) is 0 Å². The average molecular weight is 306 g/mol. The lowest BCUT2D eigenvalue weighted by Gasteiger charge is -2.12. The van der Waals surface area contributed by atoms with E-state index in [9.17, 15) is 8.42 Å². The summed E-state index contributed by atoms with van der Waals surface area (Å²) in [7, 11) is -3.72. The number of anilines is 2. The number of hydrogen-bond acceptors (Lipinski definition) is 5. The number of nitrogens with one attached hydrogen (secondary N) is 2. The molecular weight excluding hydrogens is 288 g/mol. The van der Waals surface area contributed by atoms with Crippen LogP contribution in [-0.2, 0) is 10.0 Å². The van der Waals surface area contributed by atoms with Crippen molar-refractivity contribution in [3.05, 3.63) is 42.2 Å². The lowest BCUT2D eigenvalue weighted by Crippen LogP contribution is -2.17. The third kappa shape index (κ3) is 3.91. The summed E-state index contributed by atoms with van der Waals surface area (Å²) in [5, 5.41) is 3.01. The van der Waals surface area contributed by atoms with Crippen molar-refractivity contribution >= 4 is 21.7 Å². The Morgan fingerprint density at radius 3 is 2.67 bits per heavy atom. The molecule has 0 aliphatic rings. The number of sulfonamides is 1. The highest BCUT2D eigenvalue weighted by Crippen LogP contribution is 2.20. The molecule has 0 fully saturated rings. The number of hydrogen-bond donors (Lipinski definition) is 2. The molecule has 0 radical (unpaired) electrons. The minimum atomic E-state index is -3.72. The lowest BCUT2D eigenvalue weighted by atomic mass is 10.3. The van der Waals surface area contributed by atoms with E-state index in [-0.39, 0.29) is 10.7 Å². The van der Waals surface area contributed by atoms with Crippen LogP contribution in [0.4, 0.5) is 11.6 Å². The van der Waals surface area contributed by atoms with Crippen LogP contribution in [0.3, 0.4) is 0 Å². The Labute approximate surface area is 124 Å². The van der Waals surface area contributed by atoms with Crippen LogP contribution in [-0.4, -0.2) is 24.9 Å². The maximum atomic E-state index is 12.4. The van der Waals surface area contributed by atoms with Gasteiger partial charge in [-0.2, -0.15) is 0 Å². The zero-order valence-corrected chi connectivity index (χ0v) is 12.8. The minimum Gasteiger partial charge on any atom is -0.369 e. The van der Waals surface area contributed by atoms with Gasteiger partial charge >= 0.3 is 0 Å². The molecule has 0 unspecified atom stereocenters. The topological polar surface area (TPSA) is 84.0 Å². The predicted octanol–water partition coefficient (Wildman–Crippen LogP) is 2.41. The Kier molecular flexibility index (Phi) is 4.74. The molecule has 0 aliphatic carbocycles. The first kappa shape index (κ1) is 15.2. The van der Waals surface area contributed by atoms with E-state index < -0.39 is 10.0 Å². The van der Waals surface area contributed by atoms with Gasteiger partial charge in [-0.3, -0.25) is 4.72 Å². The molecule has 0 bridgehead atoms. The van der Waals surface area contributed by atoms with E-state index in [0.717, 1.165) is 12.0 Å². The largest absolute Gasteiger partial charge is 0.369 e. The van der Waals surface area contributed by atoms with Crippen molar-refractivity contribution in [2.45, 2.75) is 25.2 Å². The molecule has 0 atom stereocenters. The summed E-state index contributed by atoms with van der Waals surface area (Å²) in [6.07, 6.45) is 4.04. The first-order valence-electron chi connectivity index (χ1n) is 6.67. The SMILES string of the molecule is CCCNc1ncccc1S(=O)(=O)Nc1ccc(C)cn1. The van der Waals surface area contributed by atoms with Crippen molar-refractivity contribution in [2.24, 2.45) is 0 Å². The summed E-state index contributed by atoms with van der Waals surface area (Å²) in [6, 6.07) is 6.53. The second-order valence-corrected chi connectivity index (χ2v) is 6.25. The standard InChI is InChI=1S/C14H18N4O2S/c1-3-8-15-14-12(5-4-9-16-14)21(19,20)18-13-7-6-11(2)10-17-13/h4-7,9-10H,3,8H2,1-2H3,(H,15,16)(H,17,18). The molecule has 2 aromatic rings. The molecule has 0 spiro atoms. The molecule has 6 nitrogen and oxygen atoms in total. The number of nitrogens with zero attached hydrogens (tertiary/aromatic N) is 2. The minimum absolute atomic E-state index is 0.112. The third-order valence-electron chi connectivity index (χ3n) is 2.75. The highest BCUT2D eigenvalue weighted by atomic mass is 32.2. The molecule has 2 heterocycles. The van der Waals surface area contributed by atoms with Crippen LogP contribution in [0, 0.1) is 6.92 Å². The van der Waals surface area contributed by atoms with Crippen molar-refractivity contribution < 1.29 is 8.42 Å². The predicted molar refractivity (Wildman–Crippen MR) is 82.8 cm³/mol. The normalized spacial score (nSPS) is 11.1. The molecule has 0 aromatic carbocycles. The van der Waals surface area contributed by atoms with Crippen molar-refractivity contribution in [3.8, 4) is 0 Å².